The Morgan fingerprint density at radius 1 is 1.19 bits per heavy atom. The van der Waals surface area contributed by atoms with Gasteiger partial charge in [-0.1, -0.05) is 15.9 Å². The number of rotatable bonds is 1. The smallest absolute Gasteiger partial charge is 0.270 e. The van der Waals surface area contributed by atoms with Crippen LogP contribution in [0, 0.1) is 11.8 Å². The van der Waals surface area contributed by atoms with Crippen LogP contribution in [-0.4, -0.2) is 53.9 Å². The lowest BCUT2D eigenvalue weighted by atomic mass is 10.0. The third-order valence-corrected chi connectivity index (χ3v) is 5.26. The average molecular weight is 348 g/mol. The van der Waals surface area contributed by atoms with Crippen LogP contribution in [0.2, 0.25) is 0 Å². The number of benzene rings is 1. The number of hydrogen-bond donors (Lipinski definition) is 1. The van der Waals surface area contributed by atoms with Crippen molar-refractivity contribution in [3.63, 3.8) is 0 Å². The van der Waals surface area contributed by atoms with Crippen molar-refractivity contribution in [3.8, 4) is 0 Å². The molecular weight excluding hydrogens is 330 g/mol. The minimum atomic E-state index is 0.138. The summed E-state index contributed by atoms with van der Waals surface area (Å²) in [5.41, 5.74) is 1.72. The Kier molecular flexibility index (Phi) is 3.08. The molecule has 0 radical (unpaired) electrons. The Labute approximate surface area is 132 Å². The van der Waals surface area contributed by atoms with E-state index in [1.54, 1.807) is 0 Å². The molecule has 1 amide bonds. The number of nitrogens with zero attached hydrogens (tertiary/aromatic N) is 2. The van der Waals surface area contributed by atoms with Crippen molar-refractivity contribution in [2.24, 2.45) is 11.8 Å². The normalized spacial score (nSPS) is 25.7. The number of aromatic amines is 1. The Morgan fingerprint density at radius 3 is 2.62 bits per heavy atom. The van der Waals surface area contributed by atoms with Crippen molar-refractivity contribution >= 4 is 32.7 Å². The highest BCUT2D eigenvalue weighted by Gasteiger charge is 2.40. The molecule has 2 atom stereocenters. The summed E-state index contributed by atoms with van der Waals surface area (Å²) < 4.78 is 1.03. The molecule has 110 valence electrons. The zero-order valence-electron chi connectivity index (χ0n) is 12.0. The molecule has 2 aromatic rings. The number of hydrogen-bond acceptors (Lipinski definition) is 2. The van der Waals surface area contributed by atoms with Crippen LogP contribution in [0.5, 0.6) is 0 Å². The molecule has 1 N–H and O–H groups in total. The van der Waals surface area contributed by atoms with Gasteiger partial charge in [-0.25, -0.2) is 0 Å². The van der Waals surface area contributed by atoms with Crippen molar-refractivity contribution in [1.82, 2.24) is 14.8 Å². The monoisotopic (exact) mass is 347 g/mol. The van der Waals surface area contributed by atoms with Crippen molar-refractivity contribution < 1.29 is 4.79 Å². The topological polar surface area (TPSA) is 39.3 Å². The second-order valence-corrected chi connectivity index (χ2v) is 7.28. The zero-order chi connectivity index (χ0) is 14.6. The van der Waals surface area contributed by atoms with Crippen LogP contribution >= 0.6 is 15.9 Å². The Hall–Kier alpha value is -1.33. The summed E-state index contributed by atoms with van der Waals surface area (Å²) >= 11 is 3.47. The molecule has 3 heterocycles. The van der Waals surface area contributed by atoms with E-state index < -0.39 is 0 Å². The molecule has 21 heavy (non-hydrogen) atoms. The first-order valence-corrected chi connectivity index (χ1v) is 8.15. The minimum absolute atomic E-state index is 0.138. The van der Waals surface area contributed by atoms with E-state index in [4.69, 9.17) is 0 Å². The van der Waals surface area contributed by atoms with Crippen molar-refractivity contribution in [2.75, 3.05) is 33.2 Å². The molecule has 2 aliphatic heterocycles. The molecule has 0 bridgehead atoms. The fourth-order valence-electron chi connectivity index (χ4n) is 3.78. The van der Waals surface area contributed by atoms with Gasteiger partial charge in [-0.15, -0.1) is 0 Å². The minimum Gasteiger partial charge on any atom is -0.351 e. The molecule has 2 saturated heterocycles. The Morgan fingerprint density at radius 2 is 1.90 bits per heavy atom. The maximum atomic E-state index is 12.7. The quantitative estimate of drug-likeness (QED) is 0.860. The number of aromatic nitrogens is 1. The van der Waals surface area contributed by atoms with Crippen molar-refractivity contribution in [3.05, 3.63) is 34.4 Å². The van der Waals surface area contributed by atoms with E-state index in [1.165, 1.54) is 0 Å². The number of amides is 1. The molecule has 1 aromatic carbocycles. The van der Waals surface area contributed by atoms with Crippen LogP contribution in [0.3, 0.4) is 0 Å². The van der Waals surface area contributed by atoms with Gasteiger partial charge in [0.25, 0.3) is 5.91 Å². The molecule has 4 nitrogen and oxygen atoms in total. The summed E-state index contributed by atoms with van der Waals surface area (Å²) in [5.74, 6) is 1.44. The van der Waals surface area contributed by atoms with Gasteiger partial charge in [0.15, 0.2) is 0 Å². The maximum Gasteiger partial charge on any atom is 0.270 e. The van der Waals surface area contributed by atoms with Crippen LogP contribution < -0.4 is 0 Å². The standard InChI is InChI=1S/C16H18BrN3O/c1-19-6-11-8-20(9-12(11)7-19)16(21)15-5-10-4-13(17)2-3-14(10)18-15/h2-5,11-12,18H,6-9H2,1H3/t11-,12+. The van der Waals surface area contributed by atoms with Gasteiger partial charge in [0.05, 0.1) is 0 Å². The number of carbonyl (C=O) groups is 1. The highest BCUT2D eigenvalue weighted by molar-refractivity contribution is 9.10. The van der Waals surface area contributed by atoms with Crippen LogP contribution in [0.4, 0.5) is 0 Å². The van der Waals surface area contributed by atoms with Crippen molar-refractivity contribution in [1.29, 1.82) is 0 Å². The number of halogens is 1. The number of carbonyl (C=O) groups excluding carboxylic acids is 1. The average Bonchev–Trinajstić information content (AvgIpc) is 3.08. The third-order valence-electron chi connectivity index (χ3n) is 4.77. The number of fused-ring (bicyclic) bond motifs is 2. The Balaban J connectivity index is 1.57. The number of H-pyrrole nitrogens is 1. The molecule has 2 fully saturated rings. The van der Waals surface area contributed by atoms with E-state index >= 15 is 0 Å². The lowest BCUT2D eigenvalue weighted by Crippen LogP contribution is -2.32. The first kappa shape index (κ1) is 13.3. The molecule has 4 rings (SSSR count). The zero-order valence-corrected chi connectivity index (χ0v) is 13.6. The van der Waals surface area contributed by atoms with Crippen LogP contribution in [0.25, 0.3) is 10.9 Å². The predicted molar refractivity (Wildman–Crippen MR) is 86.4 cm³/mol. The van der Waals surface area contributed by atoms with E-state index in [-0.39, 0.29) is 5.91 Å². The number of likely N-dealkylation sites (tertiary alicyclic amines) is 2. The van der Waals surface area contributed by atoms with Gasteiger partial charge in [0.2, 0.25) is 0 Å². The van der Waals surface area contributed by atoms with Gasteiger partial charge >= 0.3 is 0 Å². The van der Waals surface area contributed by atoms with Gasteiger partial charge in [-0.3, -0.25) is 4.79 Å². The predicted octanol–water partition coefficient (Wildman–Crippen LogP) is 2.56. The number of nitrogens with one attached hydrogen (secondary N) is 1. The lowest BCUT2D eigenvalue weighted by Gasteiger charge is -2.18. The third kappa shape index (κ3) is 2.28. The maximum absolute atomic E-state index is 12.7. The summed E-state index contributed by atoms with van der Waals surface area (Å²) in [6.07, 6.45) is 0. The fourth-order valence-corrected chi connectivity index (χ4v) is 4.16. The summed E-state index contributed by atoms with van der Waals surface area (Å²) in [4.78, 5) is 20.3. The summed E-state index contributed by atoms with van der Waals surface area (Å²) in [6, 6.07) is 7.99. The molecule has 0 spiro atoms. The van der Waals surface area contributed by atoms with Crippen LogP contribution in [0.15, 0.2) is 28.7 Å². The van der Waals surface area contributed by atoms with Gasteiger partial charge in [-0.05, 0) is 43.1 Å². The van der Waals surface area contributed by atoms with Gasteiger partial charge in [0.1, 0.15) is 5.69 Å². The van der Waals surface area contributed by atoms with Gasteiger partial charge < -0.3 is 14.8 Å². The van der Waals surface area contributed by atoms with Crippen LogP contribution in [0.1, 0.15) is 10.5 Å². The second kappa shape index (κ2) is 4.85. The second-order valence-electron chi connectivity index (χ2n) is 6.37. The molecular formula is C16H18BrN3O. The molecule has 0 unspecified atom stereocenters. The van der Waals surface area contributed by atoms with E-state index in [1.807, 2.05) is 29.2 Å². The van der Waals surface area contributed by atoms with E-state index in [2.05, 4.69) is 32.9 Å². The fraction of sp³-hybridized carbons (Fsp3) is 0.438. The SMILES string of the molecule is CN1C[C@@H]2CN(C(=O)c3cc4cc(Br)ccc4[nH]3)C[C@@H]2C1. The van der Waals surface area contributed by atoms with Gasteiger partial charge in [0, 0.05) is 41.6 Å². The summed E-state index contributed by atoms with van der Waals surface area (Å²) in [6.45, 7) is 4.03. The van der Waals surface area contributed by atoms with Crippen LogP contribution in [-0.2, 0) is 0 Å². The molecule has 0 saturated carbocycles. The largest absolute Gasteiger partial charge is 0.351 e. The van der Waals surface area contributed by atoms with E-state index in [0.717, 1.165) is 41.6 Å². The molecule has 0 aliphatic carbocycles. The van der Waals surface area contributed by atoms with Gasteiger partial charge in [-0.2, -0.15) is 0 Å². The highest BCUT2D eigenvalue weighted by atomic mass is 79.9. The summed E-state index contributed by atoms with van der Waals surface area (Å²) in [5, 5.41) is 1.08. The first-order chi connectivity index (χ1) is 10.1. The molecule has 2 aliphatic rings. The van der Waals surface area contributed by atoms with E-state index in [9.17, 15) is 4.79 Å². The highest BCUT2D eigenvalue weighted by Crippen LogP contribution is 2.31. The van der Waals surface area contributed by atoms with Crippen molar-refractivity contribution in [2.45, 2.75) is 0 Å². The lowest BCUT2D eigenvalue weighted by molar-refractivity contribution is 0.0771. The summed E-state index contributed by atoms with van der Waals surface area (Å²) in [7, 11) is 2.17. The molecule has 5 heteroatoms. The first-order valence-electron chi connectivity index (χ1n) is 7.36. The molecule has 1 aromatic heterocycles. The Bertz CT molecular complexity index is 697. The van der Waals surface area contributed by atoms with E-state index in [0.29, 0.717) is 17.5 Å².